The van der Waals surface area contributed by atoms with E-state index in [1.807, 2.05) is 12.1 Å². The molecule has 1 heterocycles. The van der Waals surface area contributed by atoms with Crippen LogP contribution in [-0.2, 0) is 16.2 Å². The molecule has 9 heteroatoms. The highest BCUT2D eigenvalue weighted by molar-refractivity contribution is 6.39. The summed E-state index contributed by atoms with van der Waals surface area (Å²) in [5, 5.41) is 3.16. The molecular formula is C26H20Cl2N2O5. The van der Waals surface area contributed by atoms with Crippen LogP contribution in [0.5, 0.6) is 11.5 Å². The molecule has 0 spiro atoms. The first-order valence-electron chi connectivity index (χ1n) is 10.5. The Balaban J connectivity index is 1.69. The third-order valence-corrected chi connectivity index (χ3v) is 5.96. The van der Waals surface area contributed by atoms with Gasteiger partial charge in [0.25, 0.3) is 11.8 Å². The minimum absolute atomic E-state index is 0.191. The Morgan fingerprint density at radius 3 is 2.51 bits per heavy atom. The second-order valence-corrected chi connectivity index (χ2v) is 8.56. The molecule has 0 aliphatic carbocycles. The number of anilines is 1. The lowest BCUT2D eigenvalue weighted by Crippen LogP contribution is -2.54. The fourth-order valence-electron chi connectivity index (χ4n) is 3.44. The molecule has 7 nitrogen and oxygen atoms in total. The van der Waals surface area contributed by atoms with Crippen LogP contribution in [0, 0.1) is 6.92 Å². The third kappa shape index (κ3) is 5.31. The number of hydrogen-bond acceptors (Lipinski definition) is 5. The van der Waals surface area contributed by atoms with Crippen LogP contribution in [-0.4, -0.2) is 25.0 Å². The quantitative estimate of drug-likeness (QED) is 0.346. The van der Waals surface area contributed by atoms with Gasteiger partial charge in [0.15, 0.2) is 0 Å². The Hall–Kier alpha value is -3.81. The molecule has 4 amide bonds. The van der Waals surface area contributed by atoms with E-state index in [-0.39, 0.29) is 17.9 Å². The monoisotopic (exact) mass is 510 g/mol. The number of benzene rings is 3. The zero-order chi connectivity index (χ0) is 25.1. The van der Waals surface area contributed by atoms with Crippen LogP contribution in [0.15, 0.2) is 66.2 Å². The van der Waals surface area contributed by atoms with E-state index in [9.17, 15) is 14.4 Å². The molecule has 1 aliphatic rings. The van der Waals surface area contributed by atoms with Crippen molar-refractivity contribution < 1.29 is 23.9 Å². The number of halogens is 2. The minimum atomic E-state index is -0.857. The number of hydrogen-bond donors (Lipinski definition) is 1. The SMILES string of the molecule is COc1ccc(/C=C2\C(=O)NC(=O)N(c3ccc(C)c(Cl)c3)C2=O)c(OCc2cccc(Cl)c2)c1. The molecule has 3 aromatic carbocycles. The largest absolute Gasteiger partial charge is 0.497 e. The number of aryl methyl sites for hydroxylation is 1. The van der Waals surface area contributed by atoms with Crippen molar-refractivity contribution in [3.8, 4) is 11.5 Å². The second-order valence-electron chi connectivity index (χ2n) is 7.71. The van der Waals surface area contributed by atoms with Gasteiger partial charge in [0.1, 0.15) is 23.7 Å². The van der Waals surface area contributed by atoms with Gasteiger partial charge >= 0.3 is 6.03 Å². The number of nitrogens with one attached hydrogen (secondary N) is 1. The summed E-state index contributed by atoms with van der Waals surface area (Å²) in [5.41, 5.74) is 2.07. The van der Waals surface area contributed by atoms with Crippen molar-refractivity contribution in [2.75, 3.05) is 12.0 Å². The van der Waals surface area contributed by atoms with Crippen LogP contribution in [0.2, 0.25) is 10.0 Å². The summed E-state index contributed by atoms with van der Waals surface area (Å²) in [6.45, 7) is 1.99. The fraction of sp³-hybridized carbons (Fsp3) is 0.115. The maximum absolute atomic E-state index is 13.3. The molecule has 0 atom stereocenters. The van der Waals surface area contributed by atoms with E-state index >= 15 is 0 Å². The van der Waals surface area contributed by atoms with Gasteiger partial charge in [0.05, 0.1) is 12.8 Å². The standard InChI is InChI=1S/C26H20Cl2N2O5/c1-15-6-8-19(12-22(15)28)30-25(32)21(24(31)29-26(30)33)11-17-7-9-20(34-2)13-23(17)35-14-16-4-3-5-18(27)10-16/h3-13H,14H2,1-2H3,(H,29,31,33)/b21-11+. The molecule has 0 unspecified atom stereocenters. The van der Waals surface area contributed by atoms with Crippen LogP contribution in [0.4, 0.5) is 10.5 Å². The Bertz CT molecular complexity index is 1370. The van der Waals surface area contributed by atoms with Crippen LogP contribution in [0.25, 0.3) is 6.08 Å². The van der Waals surface area contributed by atoms with E-state index in [1.54, 1.807) is 49.4 Å². The van der Waals surface area contributed by atoms with Crippen molar-refractivity contribution in [3.63, 3.8) is 0 Å². The summed E-state index contributed by atoms with van der Waals surface area (Å²) in [7, 11) is 1.52. The van der Waals surface area contributed by atoms with Crippen LogP contribution < -0.4 is 19.7 Å². The minimum Gasteiger partial charge on any atom is -0.497 e. The highest BCUT2D eigenvalue weighted by Gasteiger charge is 2.37. The molecule has 4 rings (SSSR count). The van der Waals surface area contributed by atoms with Gasteiger partial charge in [0.2, 0.25) is 0 Å². The molecule has 178 valence electrons. The summed E-state index contributed by atoms with van der Waals surface area (Å²) in [6, 6.07) is 16.1. The van der Waals surface area contributed by atoms with Gasteiger partial charge in [-0.3, -0.25) is 14.9 Å². The van der Waals surface area contributed by atoms with Gasteiger partial charge in [-0.1, -0.05) is 41.4 Å². The summed E-state index contributed by atoms with van der Waals surface area (Å²) < 4.78 is 11.3. The fourth-order valence-corrected chi connectivity index (χ4v) is 3.83. The first kappa shape index (κ1) is 24.3. The molecular weight excluding hydrogens is 491 g/mol. The number of carbonyl (C=O) groups excluding carboxylic acids is 3. The number of methoxy groups -OCH3 is 1. The molecule has 0 bridgehead atoms. The van der Waals surface area contributed by atoms with Crippen molar-refractivity contribution >= 4 is 52.8 Å². The lowest BCUT2D eigenvalue weighted by Gasteiger charge is -2.26. The highest BCUT2D eigenvalue weighted by Crippen LogP contribution is 2.30. The maximum Gasteiger partial charge on any atom is 0.335 e. The number of imide groups is 2. The van der Waals surface area contributed by atoms with Crippen LogP contribution in [0.1, 0.15) is 16.7 Å². The first-order chi connectivity index (χ1) is 16.8. The lowest BCUT2D eigenvalue weighted by molar-refractivity contribution is -0.122. The van der Waals surface area contributed by atoms with Gasteiger partial charge in [-0.25, -0.2) is 9.69 Å². The number of carbonyl (C=O) groups is 3. The Morgan fingerprint density at radius 2 is 1.80 bits per heavy atom. The van der Waals surface area contributed by atoms with Gasteiger partial charge in [0, 0.05) is 21.7 Å². The second kappa shape index (κ2) is 10.2. The predicted molar refractivity (Wildman–Crippen MR) is 134 cm³/mol. The average Bonchev–Trinajstić information content (AvgIpc) is 2.83. The smallest absolute Gasteiger partial charge is 0.335 e. The number of barbiturate groups is 1. The number of urea groups is 1. The Morgan fingerprint density at radius 1 is 1.00 bits per heavy atom. The average molecular weight is 511 g/mol. The Labute approximate surface area is 211 Å². The molecule has 0 radical (unpaired) electrons. The maximum atomic E-state index is 13.3. The van der Waals surface area contributed by atoms with E-state index < -0.39 is 17.8 Å². The van der Waals surface area contributed by atoms with Gasteiger partial charge in [-0.15, -0.1) is 0 Å². The molecule has 1 saturated heterocycles. The van der Waals surface area contributed by atoms with Crippen molar-refractivity contribution in [1.82, 2.24) is 5.32 Å². The molecule has 1 aliphatic heterocycles. The summed E-state index contributed by atoms with van der Waals surface area (Å²) in [5.74, 6) is -0.695. The van der Waals surface area contributed by atoms with Crippen LogP contribution >= 0.6 is 23.2 Å². The highest BCUT2D eigenvalue weighted by atomic mass is 35.5. The lowest BCUT2D eigenvalue weighted by atomic mass is 10.1. The summed E-state index contributed by atoms with van der Waals surface area (Å²) >= 11 is 12.2. The number of nitrogens with zero attached hydrogens (tertiary/aromatic N) is 1. The van der Waals surface area contributed by atoms with E-state index in [0.29, 0.717) is 27.1 Å². The molecule has 3 aromatic rings. The number of ether oxygens (including phenoxy) is 2. The van der Waals surface area contributed by atoms with E-state index in [2.05, 4.69) is 5.32 Å². The van der Waals surface area contributed by atoms with E-state index in [0.717, 1.165) is 16.0 Å². The van der Waals surface area contributed by atoms with Gasteiger partial charge in [-0.2, -0.15) is 0 Å². The van der Waals surface area contributed by atoms with Crippen molar-refractivity contribution in [2.24, 2.45) is 0 Å². The summed E-state index contributed by atoms with van der Waals surface area (Å²) in [6.07, 6.45) is 1.37. The Kier molecular flexibility index (Phi) is 7.10. The van der Waals surface area contributed by atoms with Crippen molar-refractivity contribution in [1.29, 1.82) is 0 Å². The predicted octanol–water partition coefficient (Wildman–Crippen LogP) is 5.56. The molecule has 1 N–H and O–H groups in total. The van der Waals surface area contributed by atoms with Crippen molar-refractivity contribution in [2.45, 2.75) is 13.5 Å². The van der Waals surface area contributed by atoms with Crippen LogP contribution in [0.3, 0.4) is 0 Å². The topological polar surface area (TPSA) is 84.9 Å². The van der Waals surface area contributed by atoms with Crippen molar-refractivity contribution in [3.05, 3.63) is 93.0 Å². The third-order valence-electron chi connectivity index (χ3n) is 5.32. The summed E-state index contributed by atoms with van der Waals surface area (Å²) in [4.78, 5) is 39.2. The normalized spacial score (nSPS) is 14.8. The number of rotatable bonds is 6. The molecule has 0 saturated carbocycles. The molecule has 0 aromatic heterocycles. The van der Waals surface area contributed by atoms with Gasteiger partial charge in [-0.05, 0) is 60.5 Å². The zero-order valence-electron chi connectivity index (χ0n) is 18.8. The first-order valence-corrected chi connectivity index (χ1v) is 11.3. The zero-order valence-corrected chi connectivity index (χ0v) is 20.3. The van der Waals surface area contributed by atoms with E-state index in [4.69, 9.17) is 32.7 Å². The van der Waals surface area contributed by atoms with Gasteiger partial charge < -0.3 is 9.47 Å². The molecule has 35 heavy (non-hydrogen) atoms. The molecule has 1 fully saturated rings. The number of amides is 4. The van der Waals surface area contributed by atoms with E-state index in [1.165, 1.54) is 19.3 Å².